The Morgan fingerprint density at radius 2 is 1.79 bits per heavy atom. The van der Waals surface area contributed by atoms with E-state index in [1.165, 1.54) is 18.5 Å². The Labute approximate surface area is 160 Å². The van der Waals surface area contributed by atoms with E-state index in [1.807, 2.05) is 0 Å². The van der Waals surface area contributed by atoms with Crippen molar-refractivity contribution in [1.29, 1.82) is 5.26 Å². The fourth-order valence-corrected chi connectivity index (χ4v) is 2.94. The van der Waals surface area contributed by atoms with Gasteiger partial charge in [0, 0.05) is 12.4 Å². The molecular weight excluding hydrogens is 358 g/mol. The average molecular weight is 375 g/mol. The maximum absolute atomic E-state index is 12.6. The largest absolute Gasteiger partial charge is 0.506 e. The second-order valence-electron chi connectivity index (χ2n) is 6.39. The van der Waals surface area contributed by atoms with Gasteiger partial charge in [-0.2, -0.15) is 5.26 Å². The van der Waals surface area contributed by atoms with Crippen LogP contribution in [0.15, 0.2) is 47.3 Å². The van der Waals surface area contributed by atoms with Gasteiger partial charge in [-0.05, 0) is 42.3 Å². The molecule has 0 unspecified atom stereocenters. The Kier molecular flexibility index (Phi) is 4.96. The first-order chi connectivity index (χ1) is 13.3. The number of nitrogens with zero attached hydrogens (tertiary/aromatic N) is 2. The van der Waals surface area contributed by atoms with E-state index in [-0.39, 0.29) is 12.3 Å². The molecule has 1 heterocycles. The van der Waals surface area contributed by atoms with Crippen molar-refractivity contribution >= 4 is 22.6 Å². The molecule has 7 nitrogen and oxygen atoms in total. The minimum atomic E-state index is -0.800. The summed E-state index contributed by atoms with van der Waals surface area (Å²) < 4.78 is 1.28. The highest BCUT2D eigenvalue weighted by atomic mass is 16.3. The lowest BCUT2D eigenvalue weighted by atomic mass is 10.0. The summed E-state index contributed by atoms with van der Waals surface area (Å²) in [7, 11) is 1.51. The number of nitrogens with one attached hydrogen (secondary N) is 1. The van der Waals surface area contributed by atoms with Crippen LogP contribution in [-0.2, 0) is 11.8 Å². The van der Waals surface area contributed by atoms with Crippen LogP contribution in [-0.4, -0.2) is 27.9 Å². The number of carbonyl (C=O) groups is 2. The first kappa shape index (κ1) is 18.9. The summed E-state index contributed by atoms with van der Waals surface area (Å²) in [6, 6.07) is 14.1. The fraction of sp³-hybridized carbons (Fsp3) is 0.143. The van der Waals surface area contributed by atoms with Crippen LogP contribution >= 0.6 is 0 Å². The van der Waals surface area contributed by atoms with Gasteiger partial charge in [-0.3, -0.25) is 14.4 Å². The molecule has 0 spiro atoms. The summed E-state index contributed by atoms with van der Waals surface area (Å²) in [6.07, 6.45) is 0. The number of amides is 1. The third kappa shape index (κ3) is 3.35. The predicted molar refractivity (Wildman–Crippen MR) is 104 cm³/mol. The number of rotatable bonds is 4. The van der Waals surface area contributed by atoms with Crippen molar-refractivity contribution in [3.63, 3.8) is 0 Å². The first-order valence-corrected chi connectivity index (χ1v) is 8.47. The van der Waals surface area contributed by atoms with Crippen LogP contribution in [0.4, 0.5) is 0 Å². The van der Waals surface area contributed by atoms with Gasteiger partial charge in [0.25, 0.3) is 11.5 Å². The second-order valence-corrected chi connectivity index (χ2v) is 6.39. The zero-order valence-corrected chi connectivity index (χ0v) is 15.3. The molecule has 0 fully saturated rings. The molecule has 1 amide bonds. The topological polar surface area (TPSA) is 112 Å². The molecule has 3 rings (SSSR count). The summed E-state index contributed by atoms with van der Waals surface area (Å²) in [5.41, 5.74) is 1.56. The molecule has 0 bridgehead atoms. The van der Waals surface area contributed by atoms with E-state index in [0.29, 0.717) is 16.5 Å². The van der Waals surface area contributed by atoms with Gasteiger partial charge in [0.15, 0.2) is 0 Å². The van der Waals surface area contributed by atoms with Crippen molar-refractivity contribution in [2.45, 2.75) is 6.92 Å². The van der Waals surface area contributed by atoms with Gasteiger partial charge in [0.2, 0.25) is 0 Å². The van der Waals surface area contributed by atoms with E-state index in [1.54, 1.807) is 42.5 Å². The Morgan fingerprint density at radius 3 is 2.39 bits per heavy atom. The number of aromatic hydroxyl groups is 1. The lowest BCUT2D eigenvalue weighted by Crippen LogP contribution is -2.34. The lowest BCUT2D eigenvalue weighted by molar-refractivity contribution is -0.116. The third-order valence-corrected chi connectivity index (χ3v) is 4.44. The number of aryl methyl sites for hydroxylation is 1. The minimum Gasteiger partial charge on any atom is -0.506 e. The Balaban J connectivity index is 2.13. The predicted octanol–water partition coefficient (Wildman–Crippen LogP) is 2.10. The van der Waals surface area contributed by atoms with Crippen LogP contribution in [0.1, 0.15) is 22.8 Å². The van der Waals surface area contributed by atoms with Crippen LogP contribution in [0.25, 0.3) is 22.0 Å². The molecule has 0 aliphatic rings. The molecule has 28 heavy (non-hydrogen) atoms. The number of pyridine rings is 1. The number of benzene rings is 2. The molecule has 140 valence electrons. The normalized spacial score (nSPS) is 10.5. The Hall–Kier alpha value is -3.92. The van der Waals surface area contributed by atoms with Crippen molar-refractivity contribution in [3.8, 4) is 22.9 Å². The highest BCUT2D eigenvalue weighted by Crippen LogP contribution is 2.30. The van der Waals surface area contributed by atoms with Crippen molar-refractivity contribution in [1.82, 2.24) is 9.88 Å². The smallest absolute Gasteiger partial charge is 0.267 e. The van der Waals surface area contributed by atoms with Gasteiger partial charge in [-0.1, -0.05) is 18.2 Å². The summed E-state index contributed by atoms with van der Waals surface area (Å²) in [4.78, 5) is 36.0. The van der Waals surface area contributed by atoms with Gasteiger partial charge in [0.05, 0.1) is 23.7 Å². The van der Waals surface area contributed by atoms with Crippen molar-refractivity contribution in [2.24, 2.45) is 7.05 Å². The van der Waals surface area contributed by atoms with Crippen LogP contribution in [0.3, 0.4) is 0 Å². The first-order valence-electron chi connectivity index (χ1n) is 8.47. The van der Waals surface area contributed by atoms with Crippen molar-refractivity contribution < 1.29 is 14.7 Å². The summed E-state index contributed by atoms with van der Waals surface area (Å²) in [5, 5.41) is 22.1. The van der Waals surface area contributed by atoms with E-state index >= 15 is 0 Å². The number of fused-ring (bicyclic) bond motifs is 1. The molecule has 3 aromatic rings. The third-order valence-electron chi connectivity index (χ3n) is 4.44. The van der Waals surface area contributed by atoms with E-state index in [9.17, 15) is 19.5 Å². The van der Waals surface area contributed by atoms with Gasteiger partial charge in [-0.15, -0.1) is 0 Å². The molecule has 2 aromatic carbocycles. The zero-order valence-electron chi connectivity index (χ0n) is 15.3. The van der Waals surface area contributed by atoms with Gasteiger partial charge >= 0.3 is 0 Å². The van der Waals surface area contributed by atoms with E-state index in [2.05, 4.69) is 11.4 Å². The number of carbonyl (C=O) groups excluding carboxylic acids is 2. The van der Waals surface area contributed by atoms with Gasteiger partial charge in [-0.25, -0.2) is 0 Å². The maximum Gasteiger partial charge on any atom is 0.267 e. The molecule has 2 N–H and O–H groups in total. The van der Waals surface area contributed by atoms with Gasteiger partial charge in [0.1, 0.15) is 17.1 Å². The molecule has 7 heteroatoms. The van der Waals surface area contributed by atoms with Crippen LogP contribution in [0.2, 0.25) is 0 Å². The van der Waals surface area contributed by atoms with E-state index in [0.717, 1.165) is 11.1 Å². The van der Waals surface area contributed by atoms with Crippen LogP contribution < -0.4 is 10.9 Å². The molecule has 1 aromatic heterocycles. The molecular formula is C21H17N3O4. The summed E-state index contributed by atoms with van der Waals surface area (Å²) in [6.45, 7) is 1.08. The van der Waals surface area contributed by atoms with Crippen LogP contribution in [0, 0.1) is 11.3 Å². The number of ketones is 1. The van der Waals surface area contributed by atoms with Gasteiger partial charge < -0.3 is 15.0 Å². The highest BCUT2D eigenvalue weighted by Gasteiger charge is 2.21. The number of Topliss-reactive ketones (excluding diaryl/α,β-unsaturated/α-hetero) is 1. The van der Waals surface area contributed by atoms with E-state index < -0.39 is 22.8 Å². The Morgan fingerprint density at radius 1 is 1.14 bits per heavy atom. The molecule has 0 radical (unpaired) electrons. The number of nitriles is 1. The molecule has 0 aliphatic heterocycles. The standard InChI is InChI=1S/C21H17N3O4/c1-12(25)11-23-20(27)18-19(26)16-8-7-15(9-17(16)24(2)21(18)28)14-5-3-13(10-22)4-6-14/h3-9,26H,11H2,1-2H3,(H,23,27). The minimum absolute atomic E-state index is 0.225. The molecule has 0 aliphatic carbocycles. The van der Waals surface area contributed by atoms with E-state index in [4.69, 9.17) is 5.26 Å². The summed E-state index contributed by atoms with van der Waals surface area (Å²) in [5.74, 6) is -1.49. The quantitative estimate of drug-likeness (QED) is 0.725. The zero-order chi connectivity index (χ0) is 20.4. The number of aromatic nitrogens is 1. The SMILES string of the molecule is CC(=O)CNC(=O)c1c(O)c2ccc(-c3ccc(C#N)cc3)cc2n(C)c1=O. The fourth-order valence-electron chi connectivity index (χ4n) is 2.94. The van der Waals surface area contributed by atoms with Crippen molar-refractivity contribution in [2.75, 3.05) is 6.54 Å². The number of hydrogen-bond acceptors (Lipinski definition) is 5. The summed E-state index contributed by atoms with van der Waals surface area (Å²) >= 11 is 0. The second kappa shape index (κ2) is 7.37. The van der Waals surface area contributed by atoms with Crippen molar-refractivity contribution in [3.05, 3.63) is 63.9 Å². The monoisotopic (exact) mass is 375 g/mol. The average Bonchev–Trinajstić information content (AvgIpc) is 2.70. The maximum atomic E-state index is 12.6. The van der Waals surface area contributed by atoms with Crippen LogP contribution in [0.5, 0.6) is 5.75 Å². The highest BCUT2D eigenvalue weighted by molar-refractivity contribution is 6.03. The molecule has 0 saturated carbocycles. The number of hydrogen-bond donors (Lipinski definition) is 2. The lowest BCUT2D eigenvalue weighted by Gasteiger charge is -2.13. The molecule has 0 saturated heterocycles. The molecule has 0 atom stereocenters. The Bertz CT molecular complexity index is 1200.